The normalized spacial score (nSPS) is 18.0. The fraction of sp³-hybridized carbons (Fsp3) is 0.800. The van der Waals surface area contributed by atoms with Gasteiger partial charge in [0.15, 0.2) is 0 Å². The minimum atomic E-state index is 0.372. The van der Waals surface area contributed by atoms with Gasteiger partial charge < -0.3 is 10.1 Å². The first-order chi connectivity index (χ1) is 9.33. The fourth-order valence-electron chi connectivity index (χ4n) is 2.85. The molecule has 1 fully saturated rings. The fourth-order valence-corrected chi connectivity index (χ4v) is 2.85. The Morgan fingerprint density at radius 2 is 2.21 bits per heavy atom. The van der Waals surface area contributed by atoms with E-state index in [4.69, 9.17) is 9.84 Å². The molecule has 1 atom stereocenters. The molecule has 1 aliphatic carbocycles. The lowest BCUT2D eigenvalue weighted by molar-refractivity contribution is 0.123. The maximum atomic E-state index is 5.53. The summed E-state index contributed by atoms with van der Waals surface area (Å²) in [7, 11) is 0. The van der Waals surface area contributed by atoms with Gasteiger partial charge in [-0.15, -0.1) is 0 Å². The van der Waals surface area contributed by atoms with E-state index in [2.05, 4.69) is 29.2 Å². The van der Waals surface area contributed by atoms with Crippen LogP contribution >= 0.6 is 0 Å². The predicted molar refractivity (Wildman–Crippen MR) is 77.4 cm³/mol. The zero-order valence-electron chi connectivity index (χ0n) is 12.3. The molecule has 1 aliphatic rings. The maximum Gasteiger partial charge on any atom is 0.0641 e. The van der Waals surface area contributed by atoms with Gasteiger partial charge in [0.2, 0.25) is 0 Å². The Morgan fingerprint density at radius 1 is 1.42 bits per heavy atom. The molecule has 0 bridgehead atoms. The Kier molecular flexibility index (Phi) is 5.86. The summed E-state index contributed by atoms with van der Waals surface area (Å²) in [5.74, 6) is 0. The SMILES string of the molecule is CCNC(COCC)Cc1ccn(C2CCCC2)n1. The third kappa shape index (κ3) is 4.32. The van der Waals surface area contributed by atoms with Crippen molar-refractivity contribution in [3.8, 4) is 0 Å². The molecular weight excluding hydrogens is 238 g/mol. The summed E-state index contributed by atoms with van der Waals surface area (Å²) in [5.41, 5.74) is 1.18. The van der Waals surface area contributed by atoms with Gasteiger partial charge in [-0.3, -0.25) is 4.68 Å². The van der Waals surface area contributed by atoms with Gasteiger partial charge in [0.25, 0.3) is 0 Å². The summed E-state index contributed by atoms with van der Waals surface area (Å²) < 4.78 is 7.70. The van der Waals surface area contributed by atoms with Crippen LogP contribution in [0.2, 0.25) is 0 Å². The summed E-state index contributed by atoms with van der Waals surface area (Å²) in [6, 6.07) is 3.17. The Labute approximate surface area is 116 Å². The van der Waals surface area contributed by atoms with Gasteiger partial charge in [0.1, 0.15) is 0 Å². The summed E-state index contributed by atoms with van der Waals surface area (Å²) in [6.07, 6.45) is 8.38. The van der Waals surface area contributed by atoms with Crippen LogP contribution in [0, 0.1) is 0 Å². The topological polar surface area (TPSA) is 39.1 Å². The second-order valence-electron chi connectivity index (χ2n) is 5.34. The first kappa shape index (κ1) is 14.5. The monoisotopic (exact) mass is 265 g/mol. The first-order valence-electron chi connectivity index (χ1n) is 7.68. The minimum absolute atomic E-state index is 0.372. The summed E-state index contributed by atoms with van der Waals surface area (Å²) >= 11 is 0. The summed E-state index contributed by atoms with van der Waals surface area (Å²) in [4.78, 5) is 0. The van der Waals surface area contributed by atoms with E-state index in [1.807, 2.05) is 6.92 Å². The van der Waals surface area contributed by atoms with Gasteiger partial charge in [-0.25, -0.2) is 0 Å². The third-order valence-corrected chi connectivity index (χ3v) is 3.83. The van der Waals surface area contributed by atoms with Crippen LogP contribution in [0.15, 0.2) is 12.3 Å². The molecule has 0 aliphatic heterocycles. The molecular formula is C15H27N3O. The van der Waals surface area contributed by atoms with E-state index in [1.165, 1.54) is 31.4 Å². The molecule has 0 spiro atoms. The highest BCUT2D eigenvalue weighted by atomic mass is 16.5. The second kappa shape index (κ2) is 7.65. The first-order valence-corrected chi connectivity index (χ1v) is 7.68. The maximum absolute atomic E-state index is 5.53. The molecule has 1 heterocycles. The Bertz CT molecular complexity index is 358. The van der Waals surface area contributed by atoms with Gasteiger partial charge in [-0.05, 0) is 32.4 Å². The van der Waals surface area contributed by atoms with E-state index in [0.717, 1.165) is 26.2 Å². The van der Waals surface area contributed by atoms with E-state index in [-0.39, 0.29) is 0 Å². The minimum Gasteiger partial charge on any atom is -0.380 e. The number of hydrogen-bond acceptors (Lipinski definition) is 3. The molecule has 108 valence electrons. The smallest absolute Gasteiger partial charge is 0.0641 e. The highest BCUT2D eigenvalue weighted by Crippen LogP contribution is 2.28. The zero-order chi connectivity index (χ0) is 13.5. The van der Waals surface area contributed by atoms with Crippen LogP contribution in [0.3, 0.4) is 0 Å². The van der Waals surface area contributed by atoms with Gasteiger partial charge in [0.05, 0.1) is 18.3 Å². The van der Waals surface area contributed by atoms with Crippen LogP contribution in [0.25, 0.3) is 0 Å². The number of nitrogens with one attached hydrogen (secondary N) is 1. The van der Waals surface area contributed by atoms with Crippen molar-refractivity contribution in [3.63, 3.8) is 0 Å². The molecule has 0 amide bonds. The number of aromatic nitrogens is 2. The molecule has 1 N–H and O–H groups in total. The van der Waals surface area contributed by atoms with Crippen molar-refractivity contribution in [2.45, 2.75) is 58.0 Å². The van der Waals surface area contributed by atoms with Crippen LogP contribution in [-0.4, -0.2) is 35.6 Å². The molecule has 0 aromatic carbocycles. The van der Waals surface area contributed by atoms with Crippen molar-refractivity contribution in [2.24, 2.45) is 0 Å². The van der Waals surface area contributed by atoms with E-state index < -0.39 is 0 Å². The lowest BCUT2D eigenvalue weighted by Crippen LogP contribution is -2.35. The largest absolute Gasteiger partial charge is 0.380 e. The van der Waals surface area contributed by atoms with Crippen molar-refractivity contribution in [3.05, 3.63) is 18.0 Å². The van der Waals surface area contributed by atoms with Crippen LogP contribution in [-0.2, 0) is 11.2 Å². The summed E-state index contributed by atoms with van der Waals surface area (Å²) in [5, 5.41) is 8.21. The van der Waals surface area contributed by atoms with Crippen LogP contribution in [0.5, 0.6) is 0 Å². The van der Waals surface area contributed by atoms with Crippen LogP contribution < -0.4 is 5.32 Å². The predicted octanol–water partition coefficient (Wildman–Crippen LogP) is 2.56. The molecule has 4 nitrogen and oxygen atoms in total. The quantitative estimate of drug-likeness (QED) is 0.785. The standard InChI is InChI=1S/C15H27N3O/c1-3-16-14(12-19-4-2)11-13-9-10-18(17-13)15-7-5-6-8-15/h9-10,14-16H,3-8,11-12H2,1-2H3. The van der Waals surface area contributed by atoms with Crippen molar-refractivity contribution in [1.82, 2.24) is 15.1 Å². The Hall–Kier alpha value is -0.870. The average Bonchev–Trinajstić information content (AvgIpc) is 3.06. The number of nitrogens with zero attached hydrogens (tertiary/aromatic N) is 2. The van der Waals surface area contributed by atoms with Gasteiger partial charge in [-0.2, -0.15) is 5.10 Å². The van der Waals surface area contributed by atoms with E-state index in [9.17, 15) is 0 Å². The Balaban J connectivity index is 1.89. The average molecular weight is 265 g/mol. The molecule has 0 saturated heterocycles. The highest BCUT2D eigenvalue weighted by Gasteiger charge is 2.18. The van der Waals surface area contributed by atoms with Crippen molar-refractivity contribution >= 4 is 0 Å². The molecule has 2 rings (SSSR count). The zero-order valence-corrected chi connectivity index (χ0v) is 12.3. The number of rotatable bonds is 8. The molecule has 1 aromatic heterocycles. The van der Waals surface area contributed by atoms with Gasteiger partial charge >= 0.3 is 0 Å². The molecule has 1 saturated carbocycles. The van der Waals surface area contributed by atoms with Crippen molar-refractivity contribution in [1.29, 1.82) is 0 Å². The van der Waals surface area contributed by atoms with Crippen molar-refractivity contribution in [2.75, 3.05) is 19.8 Å². The molecule has 1 unspecified atom stereocenters. The Morgan fingerprint density at radius 3 is 2.89 bits per heavy atom. The van der Waals surface area contributed by atoms with E-state index in [1.54, 1.807) is 0 Å². The third-order valence-electron chi connectivity index (χ3n) is 3.83. The lowest BCUT2D eigenvalue weighted by Gasteiger charge is -2.16. The van der Waals surface area contributed by atoms with Crippen LogP contribution in [0.4, 0.5) is 0 Å². The van der Waals surface area contributed by atoms with Crippen molar-refractivity contribution < 1.29 is 4.74 Å². The molecule has 1 aromatic rings. The number of likely N-dealkylation sites (N-methyl/N-ethyl adjacent to an activating group) is 1. The van der Waals surface area contributed by atoms with Gasteiger partial charge in [-0.1, -0.05) is 19.8 Å². The second-order valence-corrected chi connectivity index (χ2v) is 5.34. The van der Waals surface area contributed by atoms with Crippen LogP contribution in [0.1, 0.15) is 51.3 Å². The van der Waals surface area contributed by atoms with E-state index >= 15 is 0 Å². The number of ether oxygens (including phenoxy) is 1. The summed E-state index contributed by atoms with van der Waals surface area (Å²) in [6.45, 7) is 6.69. The lowest BCUT2D eigenvalue weighted by atomic mass is 10.1. The van der Waals surface area contributed by atoms with E-state index in [0.29, 0.717) is 12.1 Å². The molecule has 4 heteroatoms. The molecule has 19 heavy (non-hydrogen) atoms. The van der Waals surface area contributed by atoms with Gasteiger partial charge in [0, 0.05) is 25.3 Å². The number of hydrogen-bond donors (Lipinski definition) is 1. The highest BCUT2D eigenvalue weighted by molar-refractivity contribution is 5.02. The molecule has 0 radical (unpaired) electrons.